The maximum absolute atomic E-state index is 13.3. The molecular formula is C21H19F2N7O3. The predicted octanol–water partition coefficient (Wildman–Crippen LogP) is 2.94. The number of hydrogen-bond donors (Lipinski definition) is 2. The molecule has 2 aliphatic rings. The Kier molecular flexibility index (Phi) is 4.37. The van der Waals surface area contributed by atoms with E-state index in [1.165, 1.54) is 12.1 Å². The zero-order valence-corrected chi connectivity index (χ0v) is 17.2. The molecule has 5 heterocycles. The zero-order chi connectivity index (χ0) is 22.6. The van der Waals surface area contributed by atoms with E-state index in [2.05, 4.69) is 24.9 Å². The third kappa shape index (κ3) is 3.48. The largest absolute Gasteiger partial charge is 0.586 e. The molecule has 0 amide bonds. The number of rotatable bonds is 5. The lowest BCUT2D eigenvalue weighted by atomic mass is 10.2. The van der Waals surface area contributed by atoms with Gasteiger partial charge in [0.15, 0.2) is 17.3 Å². The number of hydrogen-bond acceptors (Lipinski definition) is 8. The van der Waals surface area contributed by atoms with Crippen molar-refractivity contribution in [1.29, 1.82) is 0 Å². The van der Waals surface area contributed by atoms with Crippen molar-refractivity contribution in [3.8, 4) is 17.2 Å². The fourth-order valence-corrected chi connectivity index (χ4v) is 4.17. The number of aromatic nitrogens is 5. The van der Waals surface area contributed by atoms with Gasteiger partial charge in [0.2, 0.25) is 5.95 Å². The maximum atomic E-state index is 13.3. The van der Waals surface area contributed by atoms with Gasteiger partial charge in [0.1, 0.15) is 17.7 Å². The molecule has 0 spiro atoms. The lowest BCUT2D eigenvalue weighted by Crippen LogP contribution is -2.34. The lowest BCUT2D eigenvalue weighted by molar-refractivity contribution is -0.286. The number of aliphatic hydroxyl groups excluding tert-OH is 1. The molecule has 0 aliphatic carbocycles. The summed E-state index contributed by atoms with van der Waals surface area (Å²) >= 11 is 0. The van der Waals surface area contributed by atoms with Crippen molar-refractivity contribution in [2.45, 2.75) is 25.2 Å². The molecular weight excluding hydrogens is 436 g/mol. The summed E-state index contributed by atoms with van der Waals surface area (Å²) in [5, 5.41) is 17.5. The van der Waals surface area contributed by atoms with E-state index in [1.807, 2.05) is 23.2 Å². The van der Waals surface area contributed by atoms with Gasteiger partial charge in [-0.3, -0.25) is 0 Å². The Bertz CT molecular complexity index is 1340. The first-order valence-electron chi connectivity index (χ1n) is 10.4. The Morgan fingerprint density at radius 2 is 2.09 bits per heavy atom. The van der Waals surface area contributed by atoms with Gasteiger partial charge < -0.3 is 29.4 Å². The highest BCUT2D eigenvalue weighted by Gasteiger charge is 2.43. The average molecular weight is 455 g/mol. The molecule has 3 aromatic heterocycles. The van der Waals surface area contributed by atoms with Crippen LogP contribution >= 0.6 is 0 Å². The SMILES string of the molecule is OCC1CCCN1c1nc(Nc2cn(-c3ccc4c(c3)OC(F)(F)O4)cn2)c2cccn2n1. The van der Waals surface area contributed by atoms with Crippen LogP contribution in [0.25, 0.3) is 11.2 Å². The van der Waals surface area contributed by atoms with Gasteiger partial charge >= 0.3 is 6.29 Å². The third-order valence-corrected chi connectivity index (χ3v) is 5.74. The van der Waals surface area contributed by atoms with Crippen LogP contribution in [0.1, 0.15) is 12.8 Å². The molecule has 0 saturated carbocycles. The highest BCUT2D eigenvalue weighted by molar-refractivity contribution is 5.73. The number of nitrogens with one attached hydrogen (secondary N) is 1. The quantitative estimate of drug-likeness (QED) is 0.474. The van der Waals surface area contributed by atoms with Gasteiger partial charge in [-0.1, -0.05) is 0 Å². The summed E-state index contributed by atoms with van der Waals surface area (Å²) in [5.74, 6) is 1.53. The molecule has 33 heavy (non-hydrogen) atoms. The Morgan fingerprint density at radius 3 is 2.97 bits per heavy atom. The normalized spacial score (nSPS) is 18.9. The standard InChI is InChI=1S/C21H19F2N7O3/c22-21(23)32-16-6-5-13(9-17(16)33-21)28-10-18(24-12-28)25-19-15-4-2-8-30(15)27-20(26-19)29-7-1-3-14(29)11-31/h2,4-6,8-10,12,14,31H,1,3,7,11H2,(H,25,26,27). The van der Waals surface area contributed by atoms with Crippen molar-refractivity contribution in [3.05, 3.63) is 49.1 Å². The van der Waals surface area contributed by atoms with Crippen molar-refractivity contribution < 1.29 is 23.4 Å². The van der Waals surface area contributed by atoms with Crippen molar-refractivity contribution in [2.24, 2.45) is 0 Å². The van der Waals surface area contributed by atoms with E-state index in [0.717, 1.165) is 24.9 Å². The van der Waals surface area contributed by atoms with Crippen LogP contribution in [0.4, 0.5) is 26.4 Å². The third-order valence-electron chi connectivity index (χ3n) is 5.74. The summed E-state index contributed by atoms with van der Waals surface area (Å²) < 4.78 is 39.0. The number of ether oxygens (including phenoxy) is 2. The van der Waals surface area contributed by atoms with Crippen LogP contribution in [0.3, 0.4) is 0 Å². The van der Waals surface area contributed by atoms with Gasteiger partial charge in [-0.25, -0.2) is 9.50 Å². The molecule has 2 aliphatic heterocycles. The van der Waals surface area contributed by atoms with Crippen molar-refractivity contribution in [3.63, 3.8) is 0 Å². The topological polar surface area (TPSA) is 102 Å². The van der Waals surface area contributed by atoms with Crippen molar-refractivity contribution in [2.75, 3.05) is 23.4 Å². The van der Waals surface area contributed by atoms with Crippen LogP contribution in [0.15, 0.2) is 49.1 Å². The molecule has 0 bridgehead atoms. The number of nitrogens with zero attached hydrogens (tertiary/aromatic N) is 6. The first-order valence-corrected chi connectivity index (χ1v) is 10.4. The molecule has 2 N–H and O–H groups in total. The number of halogens is 2. The van der Waals surface area contributed by atoms with Gasteiger partial charge in [0.25, 0.3) is 0 Å². The Labute approximate surface area is 186 Å². The van der Waals surface area contributed by atoms with E-state index in [9.17, 15) is 13.9 Å². The summed E-state index contributed by atoms with van der Waals surface area (Å²) in [4.78, 5) is 11.1. The number of anilines is 3. The smallest absolute Gasteiger partial charge is 0.395 e. The van der Waals surface area contributed by atoms with Gasteiger partial charge in [-0.05, 0) is 37.1 Å². The fraction of sp³-hybridized carbons (Fsp3) is 0.286. The second kappa shape index (κ2) is 7.30. The van der Waals surface area contributed by atoms with Gasteiger partial charge in [-0.2, -0.15) is 4.98 Å². The highest BCUT2D eigenvalue weighted by atomic mass is 19.3. The van der Waals surface area contributed by atoms with Gasteiger partial charge in [0, 0.05) is 18.8 Å². The second-order valence-corrected chi connectivity index (χ2v) is 7.86. The monoisotopic (exact) mass is 455 g/mol. The Morgan fingerprint density at radius 1 is 1.21 bits per heavy atom. The highest BCUT2D eigenvalue weighted by Crippen LogP contribution is 2.41. The van der Waals surface area contributed by atoms with E-state index in [4.69, 9.17) is 4.98 Å². The molecule has 1 saturated heterocycles. The molecule has 1 unspecified atom stereocenters. The molecule has 10 nitrogen and oxygen atoms in total. The fourth-order valence-electron chi connectivity index (χ4n) is 4.17. The number of fused-ring (bicyclic) bond motifs is 2. The van der Waals surface area contributed by atoms with Crippen LogP contribution in [0.2, 0.25) is 0 Å². The van der Waals surface area contributed by atoms with Gasteiger partial charge in [-0.15, -0.1) is 13.9 Å². The summed E-state index contributed by atoms with van der Waals surface area (Å²) in [6.45, 7) is 0.816. The minimum Gasteiger partial charge on any atom is -0.395 e. The van der Waals surface area contributed by atoms with Crippen LogP contribution in [-0.4, -0.2) is 54.7 Å². The molecule has 1 atom stereocenters. The Hall–Kier alpha value is -3.93. The minimum absolute atomic E-state index is 0.0107. The molecule has 1 aromatic carbocycles. The van der Waals surface area contributed by atoms with Crippen LogP contribution in [-0.2, 0) is 0 Å². The second-order valence-electron chi connectivity index (χ2n) is 7.86. The summed E-state index contributed by atoms with van der Waals surface area (Å²) in [6, 6.07) is 8.25. The summed E-state index contributed by atoms with van der Waals surface area (Å²) in [5.41, 5.74) is 1.34. The van der Waals surface area contributed by atoms with Crippen LogP contribution < -0.4 is 19.7 Å². The molecule has 4 aromatic rings. The Balaban J connectivity index is 1.30. The number of aliphatic hydroxyl groups is 1. The lowest BCUT2D eigenvalue weighted by Gasteiger charge is -2.23. The van der Waals surface area contributed by atoms with E-state index >= 15 is 0 Å². The summed E-state index contributed by atoms with van der Waals surface area (Å²) in [7, 11) is 0. The van der Waals surface area contributed by atoms with Crippen molar-refractivity contribution in [1.82, 2.24) is 24.1 Å². The summed E-state index contributed by atoms with van der Waals surface area (Å²) in [6.07, 6.45) is 3.28. The molecule has 12 heteroatoms. The number of imidazole rings is 1. The number of alkyl halides is 2. The molecule has 1 fully saturated rings. The number of benzene rings is 1. The zero-order valence-electron chi connectivity index (χ0n) is 17.2. The average Bonchev–Trinajstić information content (AvgIpc) is 3.57. The van der Waals surface area contributed by atoms with E-state index in [1.54, 1.807) is 27.7 Å². The first kappa shape index (κ1) is 19.7. The van der Waals surface area contributed by atoms with E-state index in [0.29, 0.717) is 23.3 Å². The van der Waals surface area contributed by atoms with Gasteiger partial charge in [0.05, 0.1) is 24.5 Å². The molecule has 6 rings (SSSR count). The minimum atomic E-state index is -3.67. The predicted molar refractivity (Wildman–Crippen MR) is 113 cm³/mol. The maximum Gasteiger partial charge on any atom is 0.586 e. The van der Waals surface area contributed by atoms with E-state index in [-0.39, 0.29) is 24.1 Å². The molecule has 0 radical (unpaired) electrons. The van der Waals surface area contributed by atoms with Crippen LogP contribution in [0.5, 0.6) is 11.5 Å². The first-order chi connectivity index (χ1) is 16.0. The van der Waals surface area contributed by atoms with E-state index < -0.39 is 6.29 Å². The molecule has 170 valence electrons. The van der Waals surface area contributed by atoms with Crippen molar-refractivity contribution >= 4 is 23.1 Å². The van der Waals surface area contributed by atoms with Crippen LogP contribution in [0, 0.1) is 0 Å².